The average molecular weight is 230 g/mol. The van der Waals surface area contributed by atoms with Crippen molar-refractivity contribution < 1.29 is 14.7 Å². The molecule has 0 amide bonds. The number of unbranched alkanes of at least 4 members (excludes halogenated alkanes) is 8. The molecule has 1 N–H and O–H groups in total. The summed E-state index contributed by atoms with van der Waals surface area (Å²) in [5.74, 6) is -0.659. The zero-order chi connectivity index (χ0) is 12.6. The van der Waals surface area contributed by atoms with E-state index in [1.165, 1.54) is 44.9 Å². The number of carboxylic acids is 1. The number of carbonyl (C=O) groups is 2. The van der Waals surface area contributed by atoms with Crippen LogP contribution in [-0.2, 0) is 9.59 Å². The predicted octanol–water partition coefficient (Wildman–Crippen LogP) is 3.81. The summed E-state index contributed by atoms with van der Waals surface area (Å²) in [5, 5.41) is 8.41. The minimum atomic E-state index is -0.659. The van der Waals surface area contributed by atoms with Gasteiger partial charge in [-0.05, 0) is 6.42 Å². The number of carboxylic acid groups (broad SMARTS) is 1. The van der Waals surface area contributed by atoms with Gasteiger partial charge in [-0.15, -0.1) is 0 Å². The van der Waals surface area contributed by atoms with Crippen LogP contribution in [0.4, 0.5) is 0 Å². The molecule has 16 heavy (non-hydrogen) atoms. The van der Waals surface area contributed by atoms with Crippen LogP contribution in [0, 0.1) is 0 Å². The topological polar surface area (TPSA) is 54.4 Å². The fraction of sp³-hybridized carbons (Fsp3) is 0.846. The summed E-state index contributed by atoms with van der Waals surface area (Å²) in [5.41, 5.74) is 0. The lowest BCUT2D eigenvalue weighted by molar-refractivity contribution is -0.137. The maximum atomic E-state index is 10.2. The Kier molecular flexibility index (Phi) is 18.2. The van der Waals surface area contributed by atoms with Gasteiger partial charge in [0.05, 0.1) is 0 Å². The molecule has 0 saturated carbocycles. The summed E-state index contributed by atoms with van der Waals surface area (Å²) in [6, 6.07) is 0. The molecule has 0 atom stereocenters. The molecule has 0 unspecified atom stereocenters. The first-order chi connectivity index (χ1) is 7.77. The molecule has 0 bridgehead atoms. The molecule has 0 aromatic carbocycles. The van der Waals surface area contributed by atoms with Crippen molar-refractivity contribution in [3.8, 4) is 0 Å². The van der Waals surface area contributed by atoms with E-state index in [2.05, 4.69) is 6.92 Å². The van der Waals surface area contributed by atoms with E-state index in [-0.39, 0.29) is 0 Å². The highest BCUT2D eigenvalue weighted by Crippen LogP contribution is 2.10. The van der Waals surface area contributed by atoms with Crippen LogP contribution >= 0.6 is 0 Å². The molecule has 0 fully saturated rings. The lowest BCUT2D eigenvalue weighted by Gasteiger charge is -2.00. The van der Waals surface area contributed by atoms with Crippen molar-refractivity contribution in [2.75, 3.05) is 0 Å². The van der Waals surface area contributed by atoms with Crippen LogP contribution in [0.2, 0.25) is 0 Å². The molecule has 0 aliphatic heterocycles. The molecule has 0 aromatic rings. The second-order valence-electron chi connectivity index (χ2n) is 3.97. The van der Waals surface area contributed by atoms with Crippen LogP contribution in [0.5, 0.6) is 0 Å². The minimum Gasteiger partial charge on any atom is -0.481 e. The van der Waals surface area contributed by atoms with E-state index in [4.69, 9.17) is 9.90 Å². The second kappa shape index (κ2) is 16.6. The van der Waals surface area contributed by atoms with Gasteiger partial charge in [0, 0.05) is 6.42 Å². The summed E-state index contributed by atoms with van der Waals surface area (Å²) in [6.45, 7) is 4.23. The van der Waals surface area contributed by atoms with Gasteiger partial charge in [-0.3, -0.25) is 4.79 Å². The van der Waals surface area contributed by atoms with Gasteiger partial charge in [0.25, 0.3) is 0 Å². The Hall–Kier alpha value is -0.860. The van der Waals surface area contributed by atoms with Crippen molar-refractivity contribution in [2.24, 2.45) is 0 Å². The molecule has 0 spiro atoms. The van der Waals surface area contributed by atoms with Gasteiger partial charge < -0.3 is 9.90 Å². The van der Waals surface area contributed by atoms with E-state index in [1.54, 1.807) is 0 Å². The highest BCUT2D eigenvalue weighted by Gasteiger charge is 1.96. The molecular weight excluding hydrogens is 204 g/mol. The monoisotopic (exact) mass is 230 g/mol. The third kappa shape index (κ3) is 18.8. The van der Waals surface area contributed by atoms with E-state index in [9.17, 15) is 4.79 Å². The molecule has 0 aliphatic carbocycles. The van der Waals surface area contributed by atoms with Crippen LogP contribution in [-0.4, -0.2) is 17.9 Å². The van der Waals surface area contributed by atoms with Crippen LogP contribution in [0.15, 0.2) is 0 Å². The van der Waals surface area contributed by atoms with Crippen molar-refractivity contribution >= 4 is 12.8 Å². The van der Waals surface area contributed by atoms with E-state index in [0.29, 0.717) is 6.42 Å². The zero-order valence-electron chi connectivity index (χ0n) is 10.5. The van der Waals surface area contributed by atoms with Crippen molar-refractivity contribution in [2.45, 2.75) is 71.1 Å². The maximum Gasteiger partial charge on any atom is 0.303 e. The van der Waals surface area contributed by atoms with Gasteiger partial charge in [-0.1, -0.05) is 58.3 Å². The summed E-state index contributed by atoms with van der Waals surface area (Å²) in [4.78, 5) is 18.2. The Morgan fingerprint density at radius 2 is 1.25 bits per heavy atom. The smallest absolute Gasteiger partial charge is 0.303 e. The SMILES string of the molecule is C=O.CCCCCCCCCCCC(=O)O. The molecule has 96 valence electrons. The van der Waals surface area contributed by atoms with Crippen molar-refractivity contribution in [1.29, 1.82) is 0 Å². The standard InChI is InChI=1S/C12H24O2.CH2O/c1-2-3-4-5-6-7-8-9-10-11-12(13)14;1-2/h2-11H2,1H3,(H,13,14);1H2. The number of rotatable bonds is 10. The van der Waals surface area contributed by atoms with Crippen LogP contribution in [0.25, 0.3) is 0 Å². The van der Waals surface area contributed by atoms with Crippen LogP contribution in [0.3, 0.4) is 0 Å². The number of hydrogen-bond acceptors (Lipinski definition) is 2. The molecule has 0 rings (SSSR count). The van der Waals surface area contributed by atoms with Gasteiger partial charge in [-0.25, -0.2) is 0 Å². The third-order valence-electron chi connectivity index (χ3n) is 2.49. The fourth-order valence-electron chi connectivity index (χ4n) is 1.59. The fourth-order valence-corrected chi connectivity index (χ4v) is 1.59. The lowest BCUT2D eigenvalue weighted by Crippen LogP contribution is -1.93. The Balaban J connectivity index is 0. The van der Waals surface area contributed by atoms with Gasteiger partial charge >= 0.3 is 5.97 Å². The number of carbonyl (C=O) groups excluding carboxylic acids is 1. The van der Waals surface area contributed by atoms with Crippen molar-refractivity contribution in [1.82, 2.24) is 0 Å². The molecular formula is C13H26O3. The Morgan fingerprint density at radius 1 is 0.875 bits per heavy atom. The molecule has 0 saturated heterocycles. The molecule has 3 heteroatoms. The zero-order valence-corrected chi connectivity index (χ0v) is 10.5. The predicted molar refractivity (Wildman–Crippen MR) is 66.6 cm³/mol. The van der Waals surface area contributed by atoms with Gasteiger partial charge in [0.15, 0.2) is 0 Å². The first-order valence-corrected chi connectivity index (χ1v) is 6.28. The van der Waals surface area contributed by atoms with Crippen molar-refractivity contribution in [3.63, 3.8) is 0 Å². The van der Waals surface area contributed by atoms with E-state index < -0.39 is 5.97 Å². The summed E-state index contributed by atoms with van der Waals surface area (Å²) >= 11 is 0. The highest BCUT2D eigenvalue weighted by atomic mass is 16.4. The summed E-state index contributed by atoms with van der Waals surface area (Å²) in [7, 11) is 0. The molecule has 0 radical (unpaired) electrons. The van der Waals surface area contributed by atoms with Crippen LogP contribution < -0.4 is 0 Å². The van der Waals surface area contributed by atoms with Gasteiger partial charge in [-0.2, -0.15) is 0 Å². The second-order valence-corrected chi connectivity index (χ2v) is 3.97. The van der Waals surface area contributed by atoms with Gasteiger partial charge in [0.2, 0.25) is 0 Å². The summed E-state index contributed by atoms with van der Waals surface area (Å²) < 4.78 is 0. The molecule has 3 nitrogen and oxygen atoms in total. The largest absolute Gasteiger partial charge is 0.481 e. The Morgan fingerprint density at radius 3 is 1.62 bits per heavy atom. The first-order valence-electron chi connectivity index (χ1n) is 6.28. The van der Waals surface area contributed by atoms with E-state index in [1.807, 2.05) is 6.79 Å². The van der Waals surface area contributed by atoms with Crippen molar-refractivity contribution in [3.05, 3.63) is 0 Å². The number of aliphatic carboxylic acids is 1. The normalized spacial score (nSPS) is 9.31. The Labute approximate surface area is 99.2 Å². The Bertz CT molecular complexity index is 146. The van der Waals surface area contributed by atoms with E-state index >= 15 is 0 Å². The highest BCUT2D eigenvalue weighted by molar-refractivity contribution is 5.66. The minimum absolute atomic E-state index is 0.343. The quantitative estimate of drug-likeness (QED) is 0.581. The molecule has 0 aromatic heterocycles. The average Bonchev–Trinajstić information content (AvgIpc) is 2.29. The van der Waals surface area contributed by atoms with E-state index in [0.717, 1.165) is 12.8 Å². The van der Waals surface area contributed by atoms with Crippen LogP contribution in [0.1, 0.15) is 71.1 Å². The number of hydrogen-bond donors (Lipinski definition) is 1. The molecule has 0 aliphatic rings. The lowest BCUT2D eigenvalue weighted by atomic mass is 10.1. The summed E-state index contributed by atoms with van der Waals surface area (Å²) in [6.07, 6.45) is 11.5. The maximum absolute atomic E-state index is 10.2. The molecule has 0 heterocycles. The third-order valence-corrected chi connectivity index (χ3v) is 2.49. The first kappa shape index (κ1) is 17.5. The van der Waals surface area contributed by atoms with Gasteiger partial charge in [0.1, 0.15) is 6.79 Å².